The summed E-state index contributed by atoms with van der Waals surface area (Å²) in [6, 6.07) is 51.0. The quantitative estimate of drug-likeness (QED) is 0.0702. The Morgan fingerprint density at radius 1 is 0.318 bits per heavy atom. The van der Waals surface area contributed by atoms with Crippen LogP contribution in [0.25, 0.3) is 55.8 Å². The van der Waals surface area contributed by atoms with Gasteiger partial charge in [-0.1, -0.05) is 85.3 Å². The van der Waals surface area contributed by atoms with Crippen molar-refractivity contribution in [2.45, 2.75) is 86.7 Å². The summed E-state index contributed by atoms with van der Waals surface area (Å²) >= 11 is 5.95. The zero-order valence-corrected chi connectivity index (χ0v) is 62.8. The molecule has 0 bridgehead atoms. The molecule has 107 heavy (non-hydrogen) atoms. The normalized spacial score (nSPS) is 11.3. The fourth-order valence-corrected chi connectivity index (χ4v) is 12.2. The Morgan fingerprint density at radius 3 is 0.991 bits per heavy atom. The van der Waals surface area contributed by atoms with Crippen molar-refractivity contribution < 1.29 is 13.2 Å². The highest BCUT2D eigenvalue weighted by atomic mass is 35.5. The van der Waals surface area contributed by atoms with Crippen molar-refractivity contribution in [2.24, 2.45) is 0 Å². The number of rotatable bonds is 20. The molecule has 4 aromatic carbocycles. The Balaban J connectivity index is 0.000000143. The molecule has 0 fully saturated rings. The molecule has 11 aromatic heterocycles. The van der Waals surface area contributed by atoms with Crippen molar-refractivity contribution in [3.8, 4) is 0 Å². The highest BCUT2D eigenvalue weighted by Crippen LogP contribution is 2.24. The molecule has 0 radical (unpaired) electrons. The Hall–Kier alpha value is -11.0. The van der Waals surface area contributed by atoms with Gasteiger partial charge in [0.1, 0.15) is 34.9 Å². The number of pyridine rings is 6. The summed E-state index contributed by atoms with van der Waals surface area (Å²) in [5, 5.41) is 0.754. The van der Waals surface area contributed by atoms with Crippen molar-refractivity contribution in [3.05, 3.63) is 292 Å². The average molecular weight is 1470 g/mol. The van der Waals surface area contributed by atoms with E-state index in [1.807, 2.05) is 152 Å². The van der Waals surface area contributed by atoms with Crippen LogP contribution in [0.2, 0.25) is 5.02 Å². The minimum atomic E-state index is -0.839. The minimum absolute atomic E-state index is 0. The second-order valence-electron chi connectivity index (χ2n) is 27.3. The monoisotopic (exact) mass is 1460 g/mol. The Labute approximate surface area is 628 Å². The standard InChI is InChI=1S/C17H20N4.C16H17ClN4.C16H16F2N4.C16H17FN4.C16H19N5.CH4/c1-13-6-4-7-14(10-13)11-21-15-8-5-9-18-17(15)19-16(21)12-20(2)3;1-20(2)11-15-19-16-14(4-3-9-18-16)21(15)10-12-5-7-13(17)8-6-12;1-21(2)10-15-20-16-14(4-3-7-19-16)22(15)9-11-5-6-12(17)13(18)8-11;1-20(2)11-15-19-16-14(7-4-8-18-16)21(15)10-12-5-3-6-13(17)9-12;1-12-6-7-13(18-9-12)10-21-14-5-4-8-17-16(14)19-15(21)11-20(2)3;/h4-10H,11-12H2,1-3H3;3-9H,10-11H2,1-2H3;3-8H,9-10H2,1-2H3;3-9H,10-11H2,1-2H3;4-9H,10-11H2,1-3H3;1H4. The lowest BCUT2D eigenvalue weighted by molar-refractivity contribution is 0.383. The molecule has 0 spiro atoms. The van der Waals surface area contributed by atoms with Crippen molar-refractivity contribution in [1.82, 2.24) is 102 Å². The van der Waals surface area contributed by atoms with Gasteiger partial charge in [-0.05, 0) is 215 Å². The maximum absolute atomic E-state index is 13.4. The average Bonchev–Trinajstić information content (AvgIpc) is 1.68. The molecule has 0 amide bonds. The second kappa shape index (κ2) is 36.8. The molecule has 11 heterocycles. The molecule has 0 unspecified atom stereocenters. The van der Waals surface area contributed by atoms with E-state index in [9.17, 15) is 13.2 Å². The number of benzene rings is 4. The van der Waals surface area contributed by atoms with Crippen molar-refractivity contribution in [1.29, 1.82) is 0 Å². The molecule has 0 saturated carbocycles. The lowest BCUT2D eigenvalue weighted by Gasteiger charge is -2.13. The van der Waals surface area contributed by atoms with E-state index in [-0.39, 0.29) is 13.2 Å². The van der Waals surface area contributed by atoms with E-state index in [0.29, 0.717) is 43.9 Å². The van der Waals surface area contributed by atoms with Crippen LogP contribution in [-0.4, -0.2) is 173 Å². The predicted molar refractivity (Wildman–Crippen MR) is 421 cm³/mol. The number of aromatic nitrogens is 16. The van der Waals surface area contributed by atoms with Gasteiger partial charge in [0.25, 0.3) is 0 Å². The van der Waals surface area contributed by atoms with E-state index < -0.39 is 11.6 Å². The summed E-state index contributed by atoms with van der Waals surface area (Å²) in [6.07, 6.45) is 10.7. The second-order valence-corrected chi connectivity index (χ2v) is 27.7. The summed E-state index contributed by atoms with van der Waals surface area (Å²) in [5.41, 5.74) is 16.4. The van der Waals surface area contributed by atoms with Gasteiger partial charge in [0.15, 0.2) is 39.9 Å². The van der Waals surface area contributed by atoms with Gasteiger partial charge in [-0.25, -0.2) is 63.0 Å². The fraction of sp³-hybridized carbons (Fsp3) is 0.280. The van der Waals surface area contributed by atoms with Gasteiger partial charge in [-0.3, -0.25) is 4.98 Å². The first-order chi connectivity index (χ1) is 51.1. The van der Waals surface area contributed by atoms with Gasteiger partial charge in [-0.2, -0.15) is 0 Å². The van der Waals surface area contributed by atoms with Crippen LogP contribution in [0, 0.1) is 31.3 Å². The molecule has 15 aromatic rings. The van der Waals surface area contributed by atoms with Crippen LogP contribution in [0.1, 0.15) is 75.6 Å². The zero-order valence-electron chi connectivity index (χ0n) is 62.0. The van der Waals surface area contributed by atoms with Crippen LogP contribution in [0.5, 0.6) is 0 Å². The Bertz CT molecular complexity index is 5110. The maximum Gasteiger partial charge on any atom is 0.177 e. The summed E-state index contributed by atoms with van der Waals surface area (Å²) in [4.78, 5) is 59.7. The van der Waals surface area contributed by atoms with Gasteiger partial charge in [0.05, 0.1) is 72.5 Å². The van der Waals surface area contributed by atoms with E-state index in [1.54, 1.807) is 49.2 Å². The summed E-state index contributed by atoms with van der Waals surface area (Å²) in [6.45, 7) is 11.2. The van der Waals surface area contributed by atoms with Crippen LogP contribution in [0.3, 0.4) is 0 Å². The molecular weight excluding hydrogens is 1370 g/mol. The van der Waals surface area contributed by atoms with Crippen molar-refractivity contribution in [2.75, 3.05) is 70.5 Å². The van der Waals surface area contributed by atoms with Crippen LogP contribution in [-0.2, 0) is 65.4 Å². The summed E-state index contributed by atoms with van der Waals surface area (Å²) < 4.78 is 50.6. The molecule has 0 N–H and O–H groups in total. The molecule has 0 aliphatic carbocycles. The molecule has 21 nitrogen and oxygen atoms in total. The van der Waals surface area contributed by atoms with Crippen LogP contribution in [0.4, 0.5) is 13.2 Å². The van der Waals surface area contributed by atoms with Gasteiger partial charge in [-0.15, -0.1) is 0 Å². The topological polar surface area (TPSA) is 183 Å². The third-order valence-corrected chi connectivity index (χ3v) is 17.1. The number of nitrogens with zero attached hydrogens (tertiary/aromatic N) is 21. The predicted octanol–water partition coefficient (Wildman–Crippen LogP) is 14.4. The minimum Gasteiger partial charge on any atom is -0.321 e. The first-order valence-corrected chi connectivity index (χ1v) is 35.1. The first-order valence-electron chi connectivity index (χ1n) is 34.7. The van der Waals surface area contributed by atoms with Crippen LogP contribution in [0.15, 0.2) is 201 Å². The fourth-order valence-electron chi connectivity index (χ4n) is 12.1. The van der Waals surface area contributed by atoms with Crippen molar-refractivity contribution in [3.63, 3.8) is 0 Å². The van der Waals surface area contributed by atoms with Crippen LogP contribution < -0.4 is 0 Å². The number of halogens is 4. The molecule has 554 valence electrons. The van der Waals surface area contributed by atoms with Crippen molar-refractivity contribution >= 4 is 67.4 Å². The molecule has 0 atom stereocenters. The van der Waals surface area contributed by atoms with Crippen LogP contribution >= 0.6 is 11.6 Å². The molecule has 0 aliphatic rings. The third kappa shape index (κ3) is 21.2. The molecule has 0 aliphatic heterocycles. The third-order valence-electron chi connectivity index (χ3n) is 16.8. The lowest BCUT2D eigenvalue weighted by atomic mass is 10.1. The van der Waals surface area contributed by atoms with E-state index in [2.05, 4.69) is 168 Å². The molecule has 0 saturated heterocycles. The number of aryl methyl sites for hydroxylation is 2. The number of hydrogen-bond donors (Lipinski definition) is 0. The maximum atomic E-state index is 13.4. The Kier molecular flexibility index (Phi) is 27.0. The molecular formula is C82H93ClF3N21. The SMILES string of the molecule is C.CN(C)Cc1nc2ncccc2n1Cc1ccc(Cl)cc1.CN(C)Cc1nc2ncccc2n1Cc1ccc(F)c(F)c1.CN(C)Cc1nc2ncccc2n1Cc1cccc(F)c1.Cc1ccc(Cn2c(CN(C)C)nc3ncccc32)nc1.Cc1cccc(Cn2c(CN(C)C)nc3ncccc32)c1. The van der Waals surface area contributed by atoms with Gasteiger partial charge in [0.2, 0.25) is 0 Å². The largest absolute Gasteiger partial charge is 0.321 e. The van der Waals surface area contributed by atoms with E-state index in [0.717, 1.165) is 134 Å². The highest BCUT2D eigenvalue weighted by molar-refractivity contribution is 6.30. The number of fused-ring (bicyclic) bond motifs is 5. The number of hydrogen-bond acceptors (Lipinski definition) is 16. The Morgan fingerprint density at radius 2 is 0.654 bits per heavy atom. The van der Waals surface area contributed by atoms with Gasteiger partial charge < -0.3 is 47.3 Å². The number of imidazole rings is 5. The smallest absolute Gasteiger partial charge is 0.177 e. The first kappa shape index (κ1) is 78.6. The van der Waals surface area contributed by atoms with Gasteiger partial charge >= 0.3 is 0 Å². The van der Waals surface area contributed by atoms with E-state index >= 15 is 0 Å². The highest BCUT2D eigenvalue weighted by Gasteiger charge is 2.19. The van der Waals surface area contributed by atoms with E-state index in [4.69, 9.17) is 11.6 Å². The summed E-state index contributed by atoms with van der Waals surface area (Å²) in [7, 11) is 20.2. The zero-order chi connectivity index (χ0) is 75.0. The van der Waals surface area contributed by atoms with E-state index in [1.165, 1.54) is 34.4 Å². The summed E-state index contributed by atoms with van der Waals surface area (Å²) in [5.74, 6) is 2.95. The van der Waals surface area contributed by atoms with Gasteiger partial charge in [0, 0.05) is 68.4 Å². The molecule has 25 heteroatoms. The molecule has 15 rings (SSSR count). The lowest BCUT2D eigenvalue weighted by Crippen LogP contribution is -2.16.